The Bertz CT molecular complexity index is 601. The molecule has 20 heavy (non-hydrogen) atoms. The Morgan fingerprint density at radius 2 is 1.90 bits per heavy atom. The number of ether oxygens (including phenoxy) is 1. The molecule has 0 spiro atoms. The highest BCUT2D eigenvalue weighted by Gasteiger charge is 2.31. The first kappa shape index (κ1) is 14.3. The van der Waals surface area contributed by atoms with Gasteiger partial charge in [-0.15, -0.1) is 0 Å². The van der Waals surface area contributed by atoms with Gasteiger partial charge in [-0.1, -0.05) is 12.1 Å². The van der Waals surface area contributed by atoms with Gasteiger partial charge < -0.3 is 10.5 Å². The summed E-state index contributed by atoms with van der Waals surface area (Å²) in [6, 6.07) is 3.96. The van der Waals surface area contributed by atoms with E-state index < -0.39 is 17.8 Å². The summed E-state index contributed by atoms with van der Waals surface area (Å²) in [6.07, 6.45) is -1.59. The van der Waals surface area contributed by atoms with Gasteiger partial charge in [0.2, 0.25) is 5.88 Å². The number of halogens is 3. The van der Waals surface area contributed by atoms with E-state index in [1.54, 1.807) is 0 Å². The molecule has 0 amide bonds. The van der Waals surface area contributed by atoms with Crippen molar-refractivity contribution in [2.75, 3.05) is 7.11 Å². The topological polar surface area (TPSA) is 61.0 Å². The molecule has 0 radical (unpaired) electrons. The first-order chi connectivity index (χ1) is 9.43. The third kappa shape index (κ3) is 2.88. The molecule has 106 valence electrons. The Labute approximate surface area is 113 Å². The molecule has 2 N–H and O–H groups in total. The van der Waals surface area contributed by atoms with Crippen LogP contribution in [0.1, 0.15) is 22.9 Å². The molecule has 0 saturated heterocycles. The molecule has 1 unspecified atom stereocenters. The molecule has 0 saturated carbocycles. The molecule has 1 aromatic heterocycles. The average Bonchev–Trinajstić information content (AvgIpc) is 2.45. The largest absolute Gasteiger partial charge is 0.480 e. The van der Waals surface area contributed by atoms with Crippen LogP contribution in [0.5, 0.6) is 5.88 Å². The number of rotatable bonds is 3. The summed E-state index contributed by atoms with van der Waals surface area (Å²) in [5.41, 5.74) is 5.78. The van der Waals surface area contributed by atoms with Crippen LogP contribution < -0.4 is 10.5 Å². The van der Waals surface area contributed by atoms with Gasteiger partial charge in [0.05, 0.1) is 18.7 Å². The van der Waals surface area contributed by atoms with Crippen LogP contribution in [-0.4, -0.2) is 17.1 Å². The standard InChI is InChI=1S/C13H12F3N3O/c1-20-12-11(18-5-6-19-12)10(17)8-3-2-4-9(7-8)13(14,15)16/h2-7,10H,17H2,1H3. The molecule has 0 aliphatic heterocycles. The summed E-state index contributed by atoms with van der Waals surface area (Å²) in [6.45, 7) is 0. The second kappa shape index (κ2) is 5.46. The van der Waals surface area contributed by atoms with Gasteiger partial charge in [0.1, 0.15) is 5.69 Å². The van der Waals surface area contributed by atoms with E-state index in [1.807, 2.05) is 0 Å². The van der Waals surface area contributed by atoms with Crippen LogP contribution in [0.4, 0.5) is 13.2 Å². The van der Waals surface area contributed by atoms with Gasteiger partial charge in [-0.05, 0) is 17.7 Å². The quantitative estimate of drug-likeness (QED) is 0.940. The molecule has 1 atom stereocenters. The van der Waals surface area contributed by atoms with Crippen LogP contribution in [0.2, 0.25) is 0 Å². The highest BCUT2D eigenvalue weighted by molar-refractivity contribution is 5.35. The number of nitrogens with zero attached hydrogens (tertiary/aromatic N) is 2. The number of alkyl halides is 3. The minimum absolute atomic E-state index is 0.192. The van der Waals surface area contributed by atoms with Crippen molar-refractivity contribution in [2.24, 2.45) is 5.73 Å². The molecule has 2 rings (SSSR count). The van der Waals surface area contributed by atoms with Gasteiger partial charge in [-0.3, -0.25) is 4.98 Å². The molecular weight excluding hydrogens is 271 g/mol. The van der Waals surface area contributed by atoms with E-state index in [1.165, 1.54) is 31.6 Å². The van der Waals surface area contributed by atoms with E-state index in [9.17, 15) is 13.2 Å². The summed E-state index contributed by atoms with van der Waals surface area (Å²) in [4.78, 5) is 7.95. The minimum atomic E-state index is -4.41. The first-order valence-corrected chi connectivity index (χ1v) is 5.71. The summed E-state index contributed by atoms with van der Waals surface area (Å²) >= 11 is 0. The van der Waals surface area contributed by atoms with Crippen molar-refractivity contribution in [2.45, 2.75) is 12.2 Å². The van der Waals surface area contributed by atoms with E-state index in [-0.39, 0.29) is 11.6 Å². The predicted molar refractivity (Wildman–Crippen MR) is 66.1 cm³/mol. The lowest BCUT2D eigenvalue weighted by Crippen LogP contribution is -2.16. The highest BCUT2D eigenvalue weighted by atomic mass is 19.4. The van der Waals surface area contributed by atoms with Gasteiger partial charge in [-0.25, -0.2) is 4.98 Å². The third-order valence-electron chi connectivity index (χ3n) is 2.75. The fourth-order valence-corrected chi connectivity index (χ4v) is 1.77. The fourth-order valence-electron chi connectivity index (χ4n) is 1.77. The zero-order chi connectivity index (χ0) is 14.8. The lowest BCUT2D eigenvalue weighted by Gasteiger charge is -2.15. The maximum Gasteiger partial charge on any atom is 0.416 e. The number of benzene rings is 1. The molecule has 1 aromatic carbocycles. The Morgan fingerprint density at radius 3 is 2.55 bits per heavy atom. The summed E-state index contributed by atoms with van der Waals surface area (Å²) in [5, 5.41) is 0. The molecule has 0 bridgehead atoms. The Kier molecular flexibility index (Phi) is 3.89. The normalized spacial score (nSPS) is 13.1. The van der Waals surface area contributed by atoms with Crippen LogP contribution in [-0.2, 0) is 6.18 Å². The monoisotopic (exact) mass is 283 g/mol. The van der Waals surface area contributed by atoms with Crippen molar-refractivity contribution in [1.82, 2.24) is 9.97 Å². The van der Waals surface area contributed by atoms with E-state index in [0.29, 0.717) is 5.56 Å². The smallest absolute Gasteiger partial charge is 0.416 e. The second-order valence-corrected chi connectivity index (χ2v) is 4.05. The molecule has 2 aromatic rings. The summed E-state index contributed by atoms with van der Waals surface area (Å²) in [5.74, 6) is 0.192. The lowest BCUT2D eigenvalue weighted by molar-refractivity contribution is -0.137. The molecule has 0 aliphatic rings. The van der Waals surface area contributed by atoms with Crippen LogP contribution in [0.3, 0.4) is 0 Å². The van der Waals surface area contributed by atoms with E-state index in [2.05, 4.69) is 9.97 Å². The van der Waals surface area contributed by atoms with Crippen molar-refractivity contribution in [3.05, 3.63) is 53.5 Å². The summed E-state index contributed by atoms with van der Waals surface area (Å²) < 4.78 is 43.1. The third-order valence-corrected chi connectivity index (χ3v) is 2.75. The first-order valence-electron chi connectivity index (χ1n) is 5.71. The van der Waals surface area contributed by atoms with Gasteiger partial charge >= 0.3 is 6.18 Å². The Morgan fingerprint density at radius 1 is 1.20 bits per heavy atom. The van der Waals surface area contributed by atoms with Gasteiger partial charge in [0.15, 0.2) is 0 Å². The van der Waals surface area contributed by atoms with Gasteiger partial charge in [0, 0.05) is 12.4 Å². The number of methoxy groups -OCH3 is 1. The van der Waals surface area contributed by atoms with E-state index >= 15 is 0 Å². The number of hydrogen-bond acceptors (Lipinski definition) is 4. The molecule has 0 aliphatic carbocycles. The maximum absolute atomic E-state index is 12.7. The average molecular weight is 283 g/mol. The maximum atomic E-state index is 12.7. The van der Waals surface area contributed by atoms with Gasteiger partial charge in [-0.2, -0.15) is 13.2 Å². The zero-order valence-corrected chi connectivity index (χ0v) is 10.6. The van der Waals surface area contributed by atoms with E-state index in [0.717, 1.165) is 12.1 Å². The van der Waals surface area contributed by atoms with Crippen LogP contribution in [0.15, 0.2) is 36.7 Å². The van der Waals surface area contributed by atoms with Crippen LogP contribution in [0.25, 0.3) is 0 Å². The highest BCUT2D eigenvalue weighted by Crippen LogP contribution is 2.32. The van der Waals surface area contributed by atoms with Gasteiger partial charge in [0.25, 0.3) is 0 Å². The lowest BCUT2D eigenvalue weighted by atomic mass is 10.0. The zero-order valence-electron chi connectivity index (χ0n) is 10.6. The molecule has 1 heterocycles. The Balaban J connectivity index is 2.41. The summed E-state index contributed by atoms with van der Waals surface area (Å²) in [7, 11) is 1.40. The van der Waals surface area contributed by atoms with Crippen molar-refractivity contribution >= 4 is 0 Å². The Hall–Kier alpha value is -2.15. The van der Waals surface area contributed by atoms with Crippen molar-refractivity contribution in [3.63, 3.8) is 0 Å². The van der Waals surface area contributed by atoms with Crippen LogP contribution in [0, 0.1) is 0 Å². The van der Waals surface area contributed by atoms with Crippen molar-refractivity contribution < 1.29 is 17.9 Å². The number of aromatic nitrogens is 2. The minimum Gasteiger partial charge on any atom is -0.480 e. The predicted octanol–water partition coefficient (Wildman–Crippen LogP) is 2.55. The molecule has 0 fully saturated rings. The molecule has 7 heteroatoms. The van der Waals surface area contributed by atoms with Crippen molar-refractivity contribution in [3.8, 4) is 5.88 Å². The fraction of sp³-hybridized carbons (Fsp3) is 0.231. The van der Waals surface area contributed by atoms with Crippen molar-refractivity contribution in [1.29, 1.82) is 0 Å². The SMILES string of the molecule is COc1nccnc1C(N)c1cccc(C(F)(F)F)c1. The van der Waals surface area contributed by atoms with Crippen LogP contribution >= 0.6 is 0 Å². The molecular formula is C13H12F3N3O. The van der Waals surface area contributed by atoms with E-state index in [4.69, 9.17) is 10.5 Å². The number of nitrogens with two attached hydrogens (primary N) is 1. The number of hydrogen-bond donors (Lipinski definition) is 1. The second-order valence-electron chi connectivity index (χ2n) is 4.05. The molecule has 4 nitrogen and oxygen atoms in total.